The molecule has 0 heterocycles. The summed E-state index contributed by atoms with van der Waals surface area (Å²) in [7, 11) is 0. The molecule has 0 aromatic rings. The van der Waals surface area contributed by atoms with Gasteiger partial charge in [0.25, 0.3) is 0 Å². The number of nitrogens with one attached hydrogen (secondary N) is 1. The fourth-order valence-corrected chi connectivity index (χ4v) is 0.686. The number of alkyl halides is 3. The normalized spacial score (nSPS) is 13.9. The summed E-state index contributed by atoms with van der Waals surface area (Å²) in [5.41, 5.74) is 0. The Kier molecular flexibility index (Phi) is 4.76. The lowest BCUT2D eigenvalue weighted by Gasteiger charge is -2.12. The van der Waals surface area contributed by atoms with E-state index in [1.54, 1.807) is 5.32 Å². The van der Waals surface area contributed by atoms with Gasteiger partial charge in [-0.3, -0.25) is 4.79 Å². The molecule has 0 aliphatic heterocycles. The summed E-state index contributed by atoms with van der Waals surface area (Å²) >= 11 is 0. The third-order valence-corrected chi connectivity index (χ3v) is 1.47. The zero-order chi connectivity index (χ0) is 10.5. The molecule has 0 aliphatic rings. The Balaban J connectivity index is 3.74. The lowest BCUT2D eigenvalue weighted by Crippen LogP contribution is -2.37. The van der Waals surface area contributed by atoms with Crippen molar-refractivity contribution in [3.63, 3.8) is 0 Å². The van der Waals surface area contributed by atoms with E-state index in [0.717, 1.165) is 0 Å². The molecule has 0 radical (unpaired) electrons. The Morgan fingerprint density at radius 2 is 2.08 bits per heavy atom. The van der Waals surface area contributed by atoms with Crippen molar-refractivity contribution >= 4 is 5.91 Å². The second kappa shape index (κ2) is 5.06. The zero-order valence-corrected chi connectivity index (χ0v) is 7.19. The predicted octanol–water partition coefficient (Wildman–Crippen LogP) is 0.683. The lowest BCUT2D eigenvalue weighted by molar-refractivity contribution is -0.140. The van der Waals surface area contributed by atoms with Crippen molar-refractivity contribution in [3.8, 4) is 0 Å². The maximum absolute atomic E-state index is 11.6. The highest BCUT2D eigenvalue weighted by molar-refractivity contribution is 5.78. The van der Waals surface area contributed by atoms with Gasteiger partial charge in [0, 0.05) is 12.5 Å². The first-order valence-corrected chi connectivity index (χ1v) is 3.82. The number of carbonyl (C=O) groups excluding carboxylic acids is 1. The van der Waals surface area contributed by atoms with Crippen molar-refractivity contribution in [2.24, 2.45) is 5.92 Å². The maximum Gasteiger partial charge on any atom is 0.405 e. The van der Waals surface area contributed by atoms with Crippen LogP contribution in [0.4, 0.5) is 13.2 Å². The van der Waals surface area contributed by atoms with Crippen LogP contribution >= 0.6 is 0 Å². The average Bonchev–Trinajstić information content (AvgIpc) is 1.99. The maximum atomic E-state index is 11.6. The van der Waals surface area contributed by atoms with Gasteiger partial charge < -0.3 is 10.4 Å². The molecule has 1 unspecified atom stereocenters. The number of rotatable bonds is 4. The monoisotopic (exact) mass is 199 g/mol. The van der Waals surface area contributed by atoms with Crippen LogP contribution in [0, 0.1) is 5.92 Å². The standard InChI is InChI=1S/C7H12F3NO2/c1-5(2-3-12)6(13)11-4-7(8,9)10/h5,12H,2-4H2,1H3,(H,11,13). The Hall–Kier alpha value is -0.780. The molecule has 0 aromatic carbocycles. The number of carbonyl (C=O) groups is 1. The third kappa shape index (κ3) is 6.39. The Morgan fingerprint density at radius 1 is 1.54 bits per heavy atom. The molecule has 1 atom stereocenters. The molecule has 78 valence electrons. The topological polar surface area (TPSA) is 49.3 Å². The molecule has 3 nitrogen and oxygen atoms in total. The molecule has 0 saturated carbocycles. The Morgan fingerprint density at radius 3 is 2.46 bits per heavy atom. The molecular weight excluding hydrogens is 187 g/mol. The molecule has 2 N–H and O–H groups in total. The Labute approximate surface area is 73.9 Å². The number of halogens is 3. The molecule has 0 aromatic heterocycles. The molecule has 0 saturated heterocycles. The minimum absolute atomic E-state index is 0.170. The lowest BCUT2D eigenvalue weighted by atomic mass is 10.1. The molecule has 0 fully saturated rings. The van der Waals surface area contributed by atoms with Gasteiger partial charge in [0.1, 0.15) is 6.54 Å². The smallest absolute Gasteiger partial charge is 0.396 e. The van der Waals surface area contributed by atoms with Crippen molar-refractivity contribution in [3.05, 3.63) is 0 Å². The van der Waals surface area contributed by atoms with Gasteiger partial charge in [-0.05, 0) is 6.42 Å². The number of aliphatic hydroxyl groups is 1. The highest BCUT2D eigenvalue weighted by Crippen LogP contribution is 2.12. The fourth-order valence-electron chi connectivity index (χ4n) is 0.686. The molecule has 0 bridgehead atoms. The van der Waals surface area contributed by atoms with E-state index < -0.39 is 24.5 Å². The van der Waals surface area contributed by atoms with Crippen molar-refractivity contribution in [1.29, 1.82) is 0 Å². The van der Waals surface area contributed by atoms with Crippen LogP contribution in [0.5, 0.6) is 0 Å². The van der Waals surface area contributed by atoms with E-state index in [1.165, 1.54) is 6.92 Å². The van der Waals surface area contributed by atoms with E-state index in [9.17, 15) is 18.0 Å². The number of hydrogen-bond acceptors (Lipinski definition) is 2. The molecule has 0 rings (SSSR count). The van der Waals surface area contributed by atoms with Gasteiger partial charge in [0.05, 0.1) is 0 Å². The highest BCUT2D eigenvalue weighted by Gasteiger charge is 2.28. The molecule has 6 heteroatoms. The van der Waals surface area contributed by atoms with Gasteiger partial charge in [-0.2, -0.15) is 13.2 Å². The minimum atomic E-state index is -4.38. The molecule has 13 heavy (non-hydrogen) atoms. The zero-order valence-electron chi connectivity index (χ0n) is 7.19. The van der Waals surface area contributed by atoms with Crippen LogP contribution in [0.2, 0.25) is 0 Å². The van der Waals surface area contributed by atoms with Crippen molar-refractivity contribution in [1.82, 2.24) is 5.32 Å². The fraction of sp³-hybridized carbons (Fsp3) is 0.857. The molecule has 0 aliphatic carbocycles. The van der Waals surface area contributed by atoms with Gasteiger partial charge in [0.15, 0.2) is 0 Å². The molecule has 1 amide bonds. The first-order valence-electron chi connectivity index (χ1n) is 3.82. The van der Waals surface area contributed by atoms with Crippen LogP contribution in [-0.4, -0.2) is 30.3 Å². The van der Waals surface area contributed by atoms with Crippen molar-refractivity contribution in [2.45, 2.75) is 19.5 Å². The van der Waals surface area contributed by atoms with E-state index >= 15 is 0 Å². The third-order valence-electron chi connectivity index (χ3n) is 1.47. The average molecular weight is 199 g/mol. The largest absolute Gasteiger partial charge is 0.405 e. The SMILES string of the molecule is CC(CCO)C(=O)NCC(F)(F)F. The first-order chi connectivity index (χ1) is 5.87. The van der Waals surface area contributed by atoms with Crippen LogP contribution < -0.4 is 5.32 Å². The first kappa shape index (κ1) is 12.2. The second-order valence-electron chi connectivity index (χ2n) is 2.75. The summed E-state index contributed by atoms with van der Waals surface area (Å²) in [5, 5.41) is 10.1. The van der Waals surface area contributed by atoms with E-state index in [0.29, 0.717) is 0 Å². The van der Waals surface area contributed by atoms with E-state index in [1.807, 2.05) is 0 Å². The number of hydrogen-bond donors (Lipinski definition) is 2. The Bertz CT molecular complexity index is 170. The van der Waals surface area contributed by atoms with Crippen LogP contribution in [0.15, 0.2) is 0 Å². The molecular formula is C7H12F3NO2. The highest BCUT2D eigenvalue weighted by atomic mass is 19.4. The minimum Gasteiger partial charge on any atom is -0.396 e. The predicted molar refractivity (Wildman–Crippen MR) is 39.9 cm³/mol. The summed E-state index contributed by atoms with van der Waals surface area (Å²) in [6.07, 6.45) is -4.21. The van der Waals surface area contributed by atoms with Crippen molar-refractivity contribution < 1.29 is 23.1 Å². The van der Waals surface area contributed by atoms with E-state index in [2.05, 4.69) is 0 Å². The van der Waals surface area contributed by atoms with Crippen LogP contribution in [0.3, 0.4) is 0 Å². The van der Waals surface area contributed by atoms with Gasteiger partial charge >= 0.3 is 6.18 Å². The van der Waals surface area contributed by atoms with Gasteiger partial charge in [0.2, 0.25) is 5.91 Å². The van der Waals surface area contributed by atoms with Crippen LogP contribution in [0.1, 0.15) is 13.3 Å². The van der Waals surface area contributed by atoms with Gasteiger partial charge in [-0.15, -0.1) is 0 Å². The van der Waals surface area contributed by atoms with E-state index in [4.69, 9.17) is 5.11 Å². The second-order valence-corrected chi connectivity index (χ2v) is 2.75. The summed E-state index contributed by atoms with van der Waals surface area (Å²) in [6.45, 7) is -0.0653. The number of amides is 1. The summed E-state index contributed by atoms with van der Waals surface area (Å²) in [4.78, 5) is 10.9. The van der Waals surface area contributed by atoms with Crippen LogP contribution in [0.25, 0.3) is 0 Å². The summed E-state index contributed by atoms with van der Waals surface area (Å²) in [5.74, 6) is -1.28. The summed E-state index contributed by atoms with van der Waals surface area (Å²) < 4.78 is 34.8. The van der Waals surface area contributed by atoms with Crippen LogP contribution in [-0.2, 0) is 4.79 Å². The van der Waals surface area contributed by atoms with Gasteiger partial charge in [-0.1, -0.05) is 6.92 Å². The number of aliphatic hydroxyl groups excluding tert-OH is 1. The van der Waals surface area contributed by atoms with Crippen molar-refractivity contribution in [2.75, 3.05) is 13.2 Å². The van der Waals surface area contributed by atoms with E-state index in [-0.39, 0.29) is 13.0 Å². The quantitative estimate of drug-likeness (QED) is 0.699. The van der Waals surface area contributed by atoms with Gasteiger partial charge in [-0.25, -0.2) is 0 Å². The summed E-state index contributed by atoms with van der Waals surface area (Å²) in [6, 6.07) is 0. The molecule has 0 spiro atoms.